The molecule has 0 spiro atoms. The summed E-state index contributed by atoms with van der Waals surface area (Å²) in [6.07, 6.45) is 4.49. The Bertz CT molecular complexity index is 1120. The van der Waals surface area contributed by atoms with Gasteiger partial charge < -0.3 is 8.83 Å². The van der Waals surface area contributed by atoms with Gasteiger partial charge in [0.25, 0.3) is 0 Å². The summed E-state index contributed by atoms with van der Waals surface area (Å²) in [5.74, 6) is -0.206. The zero-order valence-electron chi connectivity index (χ0n) is 12.7. The van der Waals surface area contributed by atoms with Crippen molar-refractivity contribution in [3.63, 3.8) is 0 Å². The summed E-state index contributed by atoms with van der Waals surface area (Å²) in [5.41, 5.74) is 2.56. The fourth-order valence-electron chi connectivity index (χ4n) is 2.26. The highest BCUT2D eigenvalue weighted by Crippen LogP contribution is 2.27. The zero-order valence-corrected chi connectivity index (χ0v) is 13.5. The Balaban J connectivity index is 1.50. The fourth-order valence-corrected chi connectivity index (χ4v) is 2.98. The highest BCUT2D eigenvalue weighted by atomic mass is 32.1. The second-order valence-electron chi connectivity index (χ2n) is 5.10. The van der Waals surface area contributed by atoms with E-state index >= 15 is 0 Å². The number of fused-ring (bicyclic) bond motifs is 1. The number of rotatable bonds is 4. The lowest BCUT2D eigenvalue weighted by molar-refractivity contribution is -0.111. The number of furan rings is 1. The van der Waals surface area contributed by atoms with E-state index in [2.05, 4.69) is 15.3 Å². The van der Waals surface area contributed by atoms with Gasteiger partial charge in [0.2, 0.25) is 5.91 Å². The second-order valence-corrected chi connectivity index (χ2v) is 5.96. The minimum atomic E-state index is -0.498. The number of carbonyl (C=O) groups excluding carboxylic acids is 1. The van der Waals surface area contributed by atoms with Crippen molar-refractivity contribution in [2.45, 2.75) is 0 Å². The van der Waals surface area contributed by atoms with Crippen molar-refractivity contribution >= 4 is 39.6 Å². The monoisotopic (exact) mass is 353 g/mol. The molecule has 0 fully saturated rings. The standard InChI is InChI=1S/C17H11N3O4S/c21-15(6-4-11-2-1-7-23-11)20-16-18-13(9-25-16)10-3-5-12-14(8-10)24-17(22)19-12/h1-9H,(H,19,22)(H,18,20,21)/b6-4+. The van der Waals surface area contributed by atoms with Crippen molar-refractivity contribution in [1.29, 1.82) is 0 Å². The third-order valence-corrected chi connectivity index (χ3v) is 4.15. The van der Waals surface area contributed by atoms with E-state index in [0.29, 0.717) is 27.7 Å². The summed E-state index contributed by atoms with van der Waals surface area (Å²) in [6, 6.07) is 8.80. The van der Waals surface area contributed by atoms with Gasteiger partial charge in [-0.25, -0.2) is 9.78 Å². The van der Waals surface area contributed by atoms with Crippen LogP contribution < -0.4 is 11.1 Å². The van der Waals surface area contributed by atoms with E-state index in [1.807, 2.05) is 11.4 Å². The van der Waals surface area contributed by atoms with Gasteiger partial charge in [-0.05, 0) is 30.3 Å². The third-order valence-electron chi connectivity index (χ3n) is 3.39. The molecule has 3 heterocycles. The highest BCUT2D eigenvalue weighted by molar-refractivity contribution is 7.14. The maximum atomic E-state index is 11.9. The maximum absolute atomic E-state index is 11.9. The predicted molar refractivity (Wildman–Crippen MR) is 94.3 cm³/mol. The molecule has 7 nitrogen and oxygen atoms in total. The smallest absolute Gasteiger partial charge is 0.417 e. The summed E-state index contributed by atoms with van der Waals surface area (Å²) in [5, 5.41) is 4.99. The molecular weight excluding hydrogens is 342 g/mol. The first-order chi connectivity index (χ1) is 12.2. The third kappa shape index (κ3) is 3.29. The van der Waals surface area contributed by atoms with Crippen molar-refractivity contribution < 1.29 is 13.6 Å². The largest absolute Gasteiger partial charge is 0.465 e. The van der Waals surface area contributed by atoms with Crippen LogP contribution in [0.25, 0.3) is 28.4 Å². The lowest BCUT2D eigenvalue weighted by Gasteiger charge is -1.97. The van der Waals surface area contributed by atoms with Crippen LogP contribution in [0.3, 0.4) is 0 Å². The van der Waals surface area contributed by atoms with Gasteiger partial charge in [-0.3, -0.25) is 15.1 Å². The van der Waals surface area contributed by atoms with Gasteiger partial charge >= 0.3 is 5.76 Å². The van der Waals surface area contributed by atoms with Crippen molar-refractivity contribution in [2.24, 2.45) is 0 Å². The van der Waals surface area contributed by atoms with Gasteiger partial charge in [0.15, 0.2) is 10.7 Å². The van der Waals surface area contributed by atoms with Crippen LogP contribution in [0.5, 0.6) is 0 Å². The van der Waals surface area contributed by atoms with Crippen molar-refractivity contribution in [3.05, 3.63) is 64.4 Å². The van der Waals surface area contributed by atoms with E-state index in [0.717, 1.165) is 5.56 Å². The van der Waals surface area contributed by atoms with E-state index in [1.165, 1.54) is 23.7 Å². The van der Waals surface area contributed by atoms with Crippen LogP contribution in [0, 0.1) is 0 Å². The number of aromatic amines is 1. The van der Waals surface area contributed by atoms with Gasteiger partial charge in [0, 0.05) is 17.0 Å². The number of H-pyrrole nitrogens is 1. The van der Waals surface area contributed by atoms with E-state index in [1.54, 1.807) is 30.3 Å². The molecule has 3 aromatic heterocycles. The first kappa shape index (κ1) is 15.2. The van der Waals surface area contributed by atoms with Crippen LogP contribution in [0.2, 0.25) is 0 Å². The van der Waals surface area contributed by atoms with Gasteiger partial charge in [-0.2, -0.15) is 0 Å². The van der Waals surface area contributed by atoms with E-state index < -0.39 is 5.76 Å². The predicted octanol–water partition coefficient (Wildman–Crippen LogP) is 3.49. The van der Waals surface area contributed by atoms with E-state index in [4.69, 9.17) is 8.83 Å². The Morgan fingerprint density at radius 1 is 1.32 bits per heavy atom. The average Bonchev–Trinajstić information content (AvgIpc) is 3.32. The molecule has 25 heavy (non-hydrogen) atoms. The molecule has 4 aromatic rings. The maximum Gasteiger partial charge on any atom is 0.417 e. The minimum absolute atomic E-state index is 0.301. The number of thiazole rings is 1. The number of hydrogen-bond donors (Lipinski definition) is 2. The molecule has 0 atom stereocenters. The van der Waals surface area contributed by atoms with Crippen molar-refractivity contribution in [1.82, 2.24) is 9.97 Å². The molecule has 1 aromatic carbocycles. The Morgan fingerprint density at radius 2 is 2.24 bits per heavy atom. The van der Waals surface area contributed by atoms with Gasteiger partial charge in [0.05, 0.1) is 17.5 Å². The number of aromatic nitrogens is 2. The SMILES string of the molecule is O=C(/C=C/c1ccco1)Nc1nc(-c2ccc3[nH]c(=O)oc3c2)cs1. The van der Waals surface area contributed by atoms with Crippen LogP contribution in [0.15, 0.2) is 61.7 Å². The quantitative estimate of drug-likeness (QED) is 0.547. The van der Waals surface area contributed by atoms with Gasteiger partial charge in [-0.1, -0.05) is 6.07 Å². The summed E-state index contributed by atoms with van der Waals surface area (Å²) >= 11 is 1.31. The zero-order chi connectivity index (χ0) is 17.2. The second kappa shape index (κ2) is 6.25. The topological polar surface area (TPSA) is 101 Å². The number of nitrogens with zero attached hydrogens (tertiary/aromatic N) is 1. The fraction of sp³-hybridized carbons (Fsp3) is 0. The molecular formula is C17H11N3O4S. The Labute approximate surface area is 144 Å². The molecule has 0 saturated carbocycles. The number of nitrogens with one attached hydrogen (secondary N) is 2. The number of oxazole rings is 1. The molecule has 0 bridgehead atoms. The molecule has 0 radical (unpaired) electrons. The summed E-state index contributed by atoms with van der Waals surface area (Å²) in [6.45, 7) is 0. The molecule has 0 unspecified atom stereocenters. The molecule has 2 N–H and O–H groups in total. The van der Waals surface area contributed by atoms with Crippen LogP contribution in [-0.2, 0) is 4.79 Å². The average molecular weight is 353 g/mol. The number of hydrogen-bond acceptors (Lipinski definition) is 6. The molecule has 124 valence electrons. The Morgan fingerprint density at radius 3 is 3.08 bits per heavy atom. The minimum Gasteiger partial charge on any atom is -0.465 e. The first-order valence-electron chi connectivity index (χ1n) is 7.29. The summed E-state index contributed by atoms with van der Waals surface area (Å²) < 4.78 is 10.2. The molecule has 8 heteroatoms. The van der Waals surface area contributed by atoms with Crippen LogP contribution in [0.1, 0.15) is 5.76 Å². The van der Waals surface area contributed by atoms with E-state index in [9.17, 15) is 9.59 Å². The molecule has 0 aliphatic rings. The number of anilines is 1. The normalized spacial score (nSPS) is 11.4. The first-order valence-corrected chi connectivity index (χ1v) is 8.17. The lowest BCUT2D eigenvalue weighted by Crippen LogP contribution is -2.07. The molecule has 0 aliphatic heterocycles. The van der Waals surface area contributed by atoms with Crippen LogP contribution in [-0.4, -0.2) is 15.9 Å². The van der Waals surface area contributed by atoms with Crippen LogP contribution in [0.4, 0.5) is 5.13 Å². The Kier molecular flexibility index (Phi) is 3.79. The summed E-state index contributed by atoms with van der Waals surface area (Å²) in [4.78, 5) is 30.1. The molecule has 0 saturated heterocycles. The lowest BCUT2D eigenvalue weighted by atomic mass is 10.1. The van der Waals surface area contributed by atoms with Crippen LogP contribution >= 0.6 is 11.3 Å². The molecule has 0 aliphatic carbocycles. The number of amides is 1. The number of benzene rings is 1. The molecule has 4 rings (SSSR count). The summed E-state index contributed by atoms with van der Waals surface area (Å²) in [7, 11) is 0. The number of carbonyl (C=O) groups is 1. The van der Waals surface area contributed by atoms with Gasteiger partial charge in [0.1, 0.15) is 5.76 Å². The van der Waals surface area contributed by atoms with Gasteiger partial charge in [-0.15, -0.1) is 11.3 Å². The highest BCUT2D eigenvalue weighted by Gasteiger charge is 2.09. The van der Waals surface area contributed by atoms with E-state index in [-0.39, 0.29) is 5.91 Å². The van der Waals surface area contributed by atoms with Crippen molar-refractivity contribution in [2.75, 3.05) is 5.32 Å². The molecule has 1 amide bonds. The Hall–Kier alpha value is -3.39. The van der Waals surface area contributed by atoms with Crippen molar-refractivity contribution in [3.8, 4) is 11.3 Å².